The van der Waals surface area contributed by atoms with Crippen LogP contribution in [0.15, 0.2) is 36.4 Å². The molecule has 1 aliphatic rings. The van der Waals surface area contributed by atoms with E-state index in [0.29, 0.717) is 11.5 Å². The quantitative estimate of drug-likeness (QED) is 0.643. The molecule has 162 valence electrons. The van der Waals surface area contributed by atoms with Crippen molar-refractivity contribution in [1.29, 1.82) is 0 Å². The minimum Gasteiger partial charge on any atom is -0.497 e. The molecule has 0 bridgehead atoms. The van der Waals surface area contributed by atoms with Gasteiger partial charge in [0.15, 0.2) is 0 Å². The SMILES string of the molecule is COc1ccc(COc2cc(C)c(C(F)(F)F)c(B3OC(C)(C)C(C)(C)O3)c2)cc1. The summed E-state index contributed by atoms with van der Waals surface area (Å²) in [5.41, 5.74) is -1.42. The molecule has 1 heterocycles. The maximum absolute atomic E-state index is 13.8. The number of hydrogen-bond acceptors (Lipinski definition) is 4. The maximum Gasteiger partial charge on any atom is 0.495 e. The third-order valence-electron chi connectivity index (χ3n) is 5.69. The Labute approximate surface area is 175 Å². The zero-order chi connectivity index (χ0) is 22.3. The Morgan fingerprint density at radius 1 is 0.933 bits per heavy atom. The van der Waals surface area contributed by atoms with Crippen LogP contribution in [0.1, 0.15) is 44.4 Å². The van der Waals surface area contributed by atoms with Crippen LogP contribution in [0, 0.1) is 6.92 Å². The zero-order valence-electron chi connectivity index (χ0n) is 18.0. The lowest BCUT2D eigenvalue weighted by atomic mass is 9.74. The van der Waals surface area contributed by atoms with Crippen LogP contribution in [0.25, 0.3) is 0 Å². The highest BCUT2D eigenvalue weighted by Crippen LogP contribution is 2.39. The first-order valence-corrected chi connectivity index (χ1v) is 9.67. The summed E-state index contributed by atoms with van der Waals surface area (Å²) < 4.78 is 64.2. The van der Waals surface area contributed by atoms with Crippen molar-refractivity contribution in [2.75, 3.05) is 7.11 Å². The van der Waals surface area contributed by atoms with Crippen LogP contribution in [0.2, 0.25) is 0 Å². The Bertz CT molecular complexity index is 892. The molecule has 0 radical (unpaired) electrons. The third kappa shape index (κ3) is 4.44. The van der Waals surface area contributed by atoms with E-state index in [-0.39, 0.29) is 17.6 Å². The van der Waals surface area contributed by atoms with Crippen molar-refractivity contribution in [3.8, 4) is 11.5 Å². The Hall–Kier alpha value is -2.19. The normalized spacial score (nSPS) is 17.8. The molecule has 0 amide bonds. The predicted molar refractivity (Wildman–Crippen MR) is 109 cm³/mol. The second kappa shape index (κ2) is 7.82. The molecule has 3 rings (SSSR count). The minimum atomic E-state index is -4.54. The van der Waals surface area contributed by atoms with Crippen molar-refractivity contribution in [3.63, 3.8) is 0 Å². The van der Waals surface area contributed by atoms with Crippen molar-refractivity contribution in [3.05, 3.63) is 53.1 Å². The Kier molecular flexibility index (Phi) is 5.86. The van der Waals surface area contributed by atoms with E-state index in [0.717, 1.165) is 5.56 Å². The monoisotopic (exact) mass is 422 g/mol. The molecule has 1 aliphatic heterocycles. The zero-order valence-corrected chi connectivity index (χ0v) is 18.0. The highest BCUT2D eigenvalue weighted by molar-refractivity contribution is 6.62. The van der Waals surface area contributed by atoms with Gasteiger partial charge in [0.05, 0.1) is 23.9 Å². The Morgan fingerprint density at radius 2 is 1.50 bits per heavy atom. The summed E-state index contributed by atoms with van der Waals surface area (Å²) in [6.45, 7) is 8.83. The minimum absolute atomic E-state index is 0.0550. The molecule has 0 N–H and O–H groups in total. The van der Waals surface area contributed by atoms with Gasteiger partial charge in [-0.3, -0.25) is 0 Å². The van der Waals surface area contributed by atoms with Crippen molar-refractivity contribution < 1.29 is 32.0 Å². The maximum atomic E-state index is 13.8. The summed E-state index contributed by atoms with van der Waals surface area (Å²) in [6, 6.07) is 10.0. The first-order chi connectivity index (χ1) is 13.8. The molecule has 0 saturated carbocycles. The summed E-state index contributed by atoms with van der Waals surface area (Å²) >= 11 is 0. The number of rotatable bonds is 5. The van der Waals surface area contributed by atoms with Crippen molar-refractivity contribution >= 4 is 12.6 Å². The van der Waals surface area contributed by atoms with E-state index < -0.39 is 30.1 Å². The molecule has 0 spiro atoms. The molecule has 4 nitrogen and oxygen atoms in total. The molecular formula is C22H26BF3O4. The van der Waals surface area contributed by atoms with Crippen LogP contribution in [0.3, 0.4) is 0 Å². The fourth-order valence-corrected chi connectivity index (χ4v) is 3.30. The van der Waals surface area contributed by atoms with Gasteiger partial charge in [0.2, 0.25) is 0 Å². The fraction of sp³-hybridized carbons (Fsp3) is 0.455. The third-order valence-corrected chi connectivity index (χ3v) is 5.69. The van der Waals surface area contributed by atoms with Gasteiger partial charge in [-0.2, -0.15) is 13.2 Å². The standard InChI is InChI=1S/C22H26BF3O4/c1-14-11-17(28-13-15-7-9-16(27-6)10-8-15)12-18(19(14)22(24,25)26)23-29-20(2,3)21(4,5)30-23/h7-12H,13H2,1-6H3. The van der Waals surface area contributed by atoms with Gasteiger partial charge in [0.1, 0.15) is 18.1 Å². The lowest BCUT2D eigenvalue weighted by Crippen LogP contribution is -2.41. The molecule has 0 atom stereocenters. The van der Waals surface area contributed by atoms with Gasteiger partial charge in [-0.1, -0.05) is 12.1 Å². The Morgan fingerprint density at radius 3 is 2.00 bits per heavy atom. The molecule has 2 aromatic carbocycles. The predicted octanol–water partition coefficient (Wildman–Crippen LogP) is 4.90. The van der Waals surface area contributed by atoms with Gasteiger partial charge in [0, 0.05) is 0 Å². The highest BCUT2D eigenvalue weighted by atomic mass is 19.4. The van der Waals surface area contributed by atoms with Crippen LogP contribution in [0.5, 0.6) is 11.5 Å². The Balaban J connectivity index is 1.93. The van der Waals surface area contributed by atoms with Crippen LogP contribution >= 0.6 is 0 Å². The molecule has 1 fully saturated rings. The van der Waals surface area contributed by atoms with Gasteiger partial charge in [-0.25, -0.2) is 0 Å². The largest absolute Gasteiger partial charge is 0.497 e. The number of aryl methyl sites for hydroxylation is 1. The van der Waals surface area contributed by atoms with E-state index in [2.05, 4.69) is 0 Å². The van der Waals surface area contributed by atoms with E-state index in [4.69, 9.17) is 18.8 Å². The average molecular weight is 422 g/mol. The topological polar surface area (TPSA) is 36.9 Å². The van der Waals surface area contributed by atoms with Crippen LogP contribution < -0.4 is 14.9 Å². The average Bonchev–Trinajstić information content (AvgIpc) is 2.86. The number of halogens is 3. The second-order valence-corrected chi connectivity index (χ2v) is 8.43. The molecule has 2 aromatic rings. The van der Waals surface area contributed by atoms with Crippen LogP contribution in [0.4, 0.5) is 13.2 Å². The smallest absolute Gasteiger partial charge is 0.495 e. The fourth-order valence-electron chi connectivity index (χ4n) is 3.30. The van der Waals surface area contributed by atoms with E-state index in [1.807, 2.05) is 12.1 Å². The van der Waals surface area contributed by atoms with E-state index in [9.17, 15) is 13.2 Å². The summed E-state index contributed by atoms with van der Waals surface area (Å²) in [5, 5.41) is 0. The molecule has 8 heteroatoms. The molecule has 1 saturated heterocycles. The van der Waals surface area contributed by atoms with Gasteiger partial charge in [-0.15, -0.1) is 0 Å². The second-order valence-electron chi connectivity index (χ2n) is 8.43. The van der Waals surface area contributed by atoms with E-state index in [1.54, 1.807) is 46.9 Å². The summed E-state index contributed by atoms with van der Waals surface area (Å²) in [7, 11) is 0.433. The highest BCUT2D eigenvalue weighted by Gasteiger charge is 2.54. The lowest BCUT2D eigenvalue weighted by Gasteiger charge is -2.32. The van der Waals surface area contributed by atoms with Crippen LogP contribution in [-0.4, -0.2) is 25.4 Å². The van der Waals surface area contributed by atoms with Crippen molar-refractivity contribution in [1.82, 2.24) is 0 Å². The lowest BCUT2D eigenvalue weighted by molar-refractivity contribution is -0.137. The summed E-state index contributed by atoms with van der Waals surface area (Å²) in [4.78, 5) is 0. The van der Waals surface area contributed by atoms with Crippen molar-refractivity contribution in [2.45, 2.75) is 58.6 Å². The number of hydrogen-bond donors (Lipinski definition) is 0. The first kappa shape index (κ1) is 22.5. The molecular weight excluding hydrogens is 396 g/mol. The van der Waals surface area contributed by atoms with E-state index >= 15 is 0 Å². The first-order valence-electron chi connectivity index (χ1n) is 9.67. The summed E-state index contributed by atoms with van der Waals surface area (Å²) in [6.07, 6.45) is -4.54. The van der Waals surface area contributed by atoms with Gasteiger partial charge >= 0.3 is 13.3 Å². The van der Waals surface area contributed by atoms with Crippen LogP contribution in [-0.2, 0) is 22.1 Å². The van der Waals surface area contributed by atoms with Gasteiger partial charge in [-0.05, 0) is 75.5 Å². The number of benzene rings is 2. The van der Waals surface area contributed by atoms with Crippen molar-refractivity contribution in [2.24, 2.45) is 0 Å². The van der Waals surface area contributed by atoms with Gasteiger partial charge in [0.25, 0.3) is 0 Å². The number of alkyl halides is 3. The van der Waals surface area contributed by atoms with Gasteiger partial charge < -0.3 is 18.8 Å². The molecule has 30 heavy (non-hydrogen) atoms. The molecule has 0 aliphatic carbocycles. The van der Waals surface area contributed by atoms with E-state index in [1.165, 1.54) is 19.1 Å². The molecule has 0 unspecified atom stereocenters. The molecule has 0 aromatic heterocycles. The number of methoxy groups -OCH3 is 1. The number of ether oxygens (including phenoxy) is 2. The summed E-state index contributed by atoms with van der Waals surface area (Å²) in [5.74, 6) is 1.04.